The van der Waals surface area contributed by atoms with Crippen LogP contribution in [0.3, 0.4) is 0 Å². The third-order valence-electron chi connectivity index (χ3n) is 5.12. The van der Waals surface area contributed by atoms with Crippen LogP contribution in [-0.4, -0.2) is 42.5 Å². The van der Waals surface area contributed by atoms with Crippen molar-refractivity contribution in [1.82, 2.24) is 15.1 Å². The summed E-state index contributed by atoms with van der Waals surface area (Å²) in [4.78, 5) is 26.7. The molecule has 0 radical (unpaired) electrons. The predicted molar refractivity (Wildman–Crippen MR) is 113 cm³/mol. The topological polar surface area (TPSA) is 76.5 Å². The normalized spacial score (nSPS) is 16.6. The highest BCUT2D eigenvalue weighted by atomic mass is 35.5. The fourth-order valence-corrected chi connectivity index (χ4v) is 3.67. The van der Waals surface area contributed by atoms with E-state index in [0.29, 0.717) is 31.1 Å². The number of nitrogens with zero attached hydrogens (tertiary/aromatic N) is 3. The maximum atomic E-state index is 12.4. The van der Waals surface area contributed by atoms with Crippen LogP contribution in [-0.2, 0) is 22.6 Å². The second kappa shape index (κ2) is 10.4. The molecule has 0 bridgehead atoms. The van der Waals surface area contributed by atoms with E-state index in [0.717, 1.165) is 37.2 Å². The van der Waals surface area contributed by atoms with Gasteiger partial charge in [0.25, 0.3) is 5.56 Å². The van der Waals surface area contributed by atoms with Crippen molar-refractivity contribution in [3.05, 3.63) is 57.5 Å². The lowest BCUT2D eigenvalue weighted by Crippen LogP contribution is -2.39. The minimum absolute atomic E-state index is 0.0416. The Balaban J connectivity index is 1.52. The fraction of sp³-hybridized carbons (Fsp3) is 0.476. The van der Waals surface area contributed by atoms with Gasteiger partial charge in [0, 0.05) is 44.3 Å². The lowest BCUT2D eigenvalue weighted by atomic mass is 9.94. The lowest BCUT2D eigenvalue weighted by molar-refractivity contribution is -0.122. The Labute approximate surface area is 175 Å². The van der Waals surface area contributed by atoms with E-state index < -0.39 is 0 Å². The zero-order valence-electron chi connectivity index (χ0n) is 16.6. The summed E-state index contributed by atoms with van der Waals surface area (Å²) in [6.07, 6.45) is 4.19. The van der Waals surface area contributed by atoms with Crippen molar-refractivity contribution in [3.8, 4) is 0 Å². The summed E-state index contributed by atoms with van der Waals surface area (Å²) in [5, 5.41) is 7.90. The number of ether oxygens (including phenoxy) is 1. The van der Waals surface area contributed by atoms with Crippen molar-refractivity contribution in [2.45, 2.75) is 32.4 Å². The molecule has 29 heavy (non-hydrogen) atoms. The third kappa shape index (κ3) is 6.30. The number of piperidine rings is 1. The number of hydrogen-bond acceptors (Lipinski definition) is 5. The minimum Gasteiger partial charge on any atom is -0.383 e. The van der Waals surface area contributed by atoms with Gasteiger partial charge in [-0.15, -0.1) is 0 Å². The summed E-state index contributed by atoms with van der Waals surface area (Å²) in [6.45, 7) is 2.99. The number of aromatic nitrogens is 2. The number of amides is 1. The van der Waals surface area contributed by atoms with Crippen molar-refractivity contribution >= 4 is 23.2 Å². The van der Waals surface area contributed by atoms with Crippen LogP contribution in [0, 0.1) is 5.92 Å². The molecule has 0 aliphatic carbocycles. The molecule has 1 N–H and O–H groups in total. The number of anilines is 1. The predicted octanol–water partition coefficient (Wildman–Crippen LogP) is 2.47. The molecular weight excluding hydrogens is 392 g/mol. The molecule has 1 aromatic carbocycles. The van der Waals surface area contributed by atoms with Crippen LogP contribution in [0.15, 0.2) is 41.3 Å². The van der Waals surface area contributed by atoms with Gasteiger partial charge in [-0.2, -0.15) is 5.10 Å². The zero-order chi connectivity index (χ0) is 20.6. The fourth-order valence-electron chi connectivity index (χ4n) is 3.55. The number of nitrogens with one attached hydrogen (secondary N) is 1. The molecule has 1 saturated heterocycles. The van der Waals surface area contributed by atoms with Gasteiger partial charge in [-0.3, -0.25) is 9.59 Å². The Morgan fingerprint density at radius 3 is 2.86 bits per heavy atom. The van der Waals surface area contributed by atoms with Crippen LogP contribution in [0.2, 0.25) is 5.02 Å². The van der Waals surface area contributed by atoms with Gasteiger partial charge in [0.2, 0.25) is 5.91 Å². The Kier molecular flexibility index (Phi) is 7.66. The molecule has 3 rings (SSSR count). The highest BCUT2D eigenvalue weighted by Crippen LogP contribution is 2.23. The number of methoxy groups -OCH3 is 1. The zero-order valence-corrected chi connectivity index (χ0v) is 17.4. The van der Waals surface area contributed by atoms with E-state index in [1.807, 2.05) is 24.3 Å². The second-order valence-electron chi connectivity index (χ2n) is 7.33. The number of halogens is 1. The summed E-state index contributed by atoms with van der Waals surface area (Å²) in [5.74, 6) is 0.296. The highest BCUT2D eigenvalue weighted by Gasteiger charge is 2.23. The maximum absolute atomic E-state index is 12.4. The van der Waals surface area contributed by atoms with E-state index >= 15 is 0 Å². The Morgan fingerprint density at radius 2 is 2.14 bits per heavy atom. The molecule has 1 amide bonds. The summed E-state index contributed by atoms with van der Waals surface area (Å²) >= 11 is 5.89. The maximum Gasteiger partial charge on any atom is 0.268 e. The first-order chi connectivity index (χ1) is 14.0. The smallest absolute Gasteiger partial charge is 0.268 e. The molecule has 8 heteroatoms. The number of rotatable bonds is 8. The molecule has 1 aliphatic heterocycles. The van der Waals surface area contributed by atoms with Gasteiger partial charge >= 0.3 is 0 Å². The number of hydrogen-bond donors (Lipinski definition) is 1. The number of carbonyl (C=O) groups excluding carboxylic acids is 1. The first-order valence-corrected chi connectivity index (χ1v) is 10.2. The first-order valence-electron chi connectivity index (χ1n) is 9.87. The Hall–Kier alpha value is -2.38. The van der Waals surface area contributed by atoms with E-state index in [9.17, 15) is 9.59 Å². The third-order valence-corrected chi connectivity index (χ3v) is 5.38. The van der Waals surface area contributed by atoms with Crippen LogP contribution in [0.4, 0.5) is 5.69 Å². The number of benzene rings is 1. The second-order valence-corrected chi connectivity index (χ2v) is 7.77. The summed E-state index contributed by atoms with van der Waals surface area (Å²) in [7, 11) is 1.60. The Morgan fingerprint density at radius 1 is 1.34 bits per heavy atom. The van der Waals surface area contributed by atoms with E-state index in [4.69, 9.17) is 16.3 Å². The molecular formula is C21H27ClN4O3. The Bertz CT molecular complexity index is 869. The highest BCUT2D eigenvalue weighted by molar-refractivity contribution is 6.30. The molecule has 7 nitrogen and oxygen atoms in total. The van der Waals surface area contributed by atoms with Gasteiger partial charge < -0.3 is 15.0 Å². The molecule has 1 aliphatic rings. The molecule has 1 fully saturated rings. The molecule has 1 atom stereocenters. The van der Waals surface area contributed by atoms with Crippen LogP contribution in [0.25, 0.3) is 0 Å². The number of carbonyl (C=O) groups is 1. The summed E-state index contributed by atoms with van der Waals surface area (Å²) < 4.78 is 6.40. The van der Waals surface area contributed by atoms with E-state index in [1.165, 1.54) is 4.68 Å². The van der Waals surface area contributed by atoms with Gasteiger partial charge in [-0.05, 0) is 36.5 Å². The minimum atomic E-state index is -0.137. The van der Waals surface area contributed by atoms with Crippen LogP contribution in [0.5, 0.6) is 0 Å². The van der Waals surface area contributed by atoms with Crippen LogP contribution >= 0.6 is 11.6 Å². The van der Waals surface area contributed by atoms with Gasteiger partial charge in [-0.1, -0.05) is 23.7 Å². The van der Waals surface area contributed by atoms with Crippen molar-refractivity contribution in [1.29, 1.82) is 0 Å². The average molecular weight is 419 g/mol. The van der Waals surface area contributed by atoms with Crippen LogP contribution < -0.4 is 15.8 Å². The van der Waals surface area contributed by atoms with Gasteiger partial charge in [0.05, 0.1) is 25.0 Å². The first kappa shape index (κ1) is 21.3. The van der Waals surface area contributed by atoms with Crippen LogP contribution in [0.1, 0.15) is 24.8 Å². The SMILES string of the molecule is COCCn1ncc(N2CCCC(CC(=O)NCc3ccc(Cl)cc3)C2)cc1=O. The van der Waals surface area contributed by atoms with Gasteiger partial charge in [0.1, 0.15) is 0 Å². The quantitative estimate of drug-likeness (QED) is 0.712. The lowest BCUT2D eigenvalue weighted by Gasteiger charge is -2.34. The van der Waals surface area contributed by atoms with E-state index in [2.05, 4.69) is 15.3 Å². The largest absolute Gasteiger partial charge is 0.383 e. The van der Waals surface area contributed by atoms with Crippen molar-refractivity contribution in [3.63, 3.8) is 0 Å². The molecule has 0 spiro atoms. The molecule has 156 valence electrons. The summed E-state index contributed by atoms with van der Waals surface area (Å²) in [6, 6.07) is 9.07. The molecule has 2 aromatic rings. The monoisotopic (exact) mass is 418 g/mol. The molecule has 1 aromatic heterocycles. The van der Waals surface area contributed by atoms with Crippen molar-refractivity contribution in [2.75, 3.05) is 31.7 Å². The summed E-state index contributed by atoms with van der Waals surface area (Å²) in [5.41, 5.74) is 1.70. The van der Waals surface area contributed by atoms with Crippen molar-refractivity contribution < 1.29 is 9.53 Å². The molecule has 2 heterocycles. The molecule has 0 saturated carbocycles. The van der Waals surface area contributed by atoms with E-state index in [-0.39, 0.29) is 17.4 Å². The standard InChI is InChI=1S/C21H27ClN4O3/c1-29-10-9-26-21(28)12-19(14-24-26)25-8-2-3-17(15-25)11-20(27)23-13-16-4-6-18(22)7-5-16/h4-7,12,14,17H,2-3,8-11,13,15H2,1H3,(H,23,27). The average Bonchev–Trinajstić information content (AvgIpc) is 2.72. The molecule has 1 unspecified atom stereocenters. The van der Waals surface area contributed by atoms with Gasteiger partial charge in [0.15, 0.2) is 0 Å². The van der Waals surface area contributed by atoms with Crippen molar-refractivity contribution in [2.24, 2.45) is 5.92 Å². The van der Waals surface area contributed by atoms with Gasteiger partial charge in [-0.25, -0.2) is 4.68 Å². The van der Waals surface area contributed by atoms with E-state index in [1.54, 1.807) is 19.4 Å².